The van der Waals surface area contributed by atoms with Crippen molar-refractivity contribution in [3.8, 4) is 0 Å². The predicted octanol–water partition coefficient (Wildman–Crippen LogP) is 3.36. The van der Waals surface area contributed by atoms with E-state index in [9.17, 15) is 4.79 Å². The summed E-state index contributed by atoms with van der Waals surface area (Å²) < 4.78 is 1.09. The van der Waals surface area contributed by atoms with E-state index in [1.807, 2.05) is 49.4 Å². The fourth-order valence-corrected chi connectivity index (χ4v) is 2.15. The highest BCUT2D eigenvalue weighted by molar-refractivity contribution is 14.1. The number of rotatable bonds is 3. The van der Waals surface area contributed by atoms with Crippen LogP contribution in [-0.2, 0) is 0 Å². The molecule has 0 saturated carbocycles. The van der Waals surface area contributed by atoms with E-state index < -0.39 is 0 Å². The molecule has 0 unspecified atom stereocenters. The van der Waals surface area contributed by atoms with Gasteiger partial charge in [0.1, 0.15) is 0 Å². The number of carbonyl (C=O) groups is 1. The lowest BCUT2D eigenvalue weighted by molar-refractivity contribution is 0.0954. The van der Waals surface area contributed by atoms with Crippen LogP contribution in [0, 0.1) is 10.5 Å². The van der Waals surface area contributed by atoms with Gasteiger partial charge in [-0.15, -0.1) is 0 Å². The van der Waals surface area contributed by atoms with E-state index in [-0.39, 0.29) is 5.91 Å². The highest BCUT2D eigenvalue weighted by atomic mass is 127. The number of halogens is 1. The highest BCUT2D eigenvalue weighted by Crippen LogP contribution is 2.09. The van der Waals surface area contributed by atoms with Gasteiger partial charge in [0.2, 0.25) is 0 Å². The van der Waals surface area contributed by atoms with E-state index in [1.165, 1.54) is 0 Å². The van der Waals surface area contributed by atoms with Crippen molar-refractivity contribution >= 4 is 34.7 Å². The molecule has 96 valence electrons. The molecule has 0 aromatic heterocycles. The van der Waals surface area contributed by atoms with Crippen LogP contribution in [-0.4, -0.2) is 12.1 Å². The minimum atomic E-state index is -0.194. The number of nitrogens with one attached hydrogen (secondary N) is 1. The first-order valence-corrected chi connectivity index (χ1v) is 6.90. The molecular weight excluding hydrogens is 351 g/mol. The van der Waals surface area contributed by atoms with Crippen molar-refractivity contribution in [3.63, 3.8) is 0 Å². The second kappa shape index (κ2) is 6.47. The molecule has 1 amide bonds. The summed E-state index contributed by atoms with van der Waals surface area (Å²) >= 11 is 2.23. The Kier molecular flexibility index (Phi) is 4.68. The highest BCUT2D eigenvalue weighted by Gasteiger charge is 2.06. The van der Waals surface area contributed by atoms with E-state index in [4.69, 9.17) is 0 Å². The summed E-state index contributed by atoms with van der Waals surface area (Å²) in [6, 6.07) is 15.3. The summed E-state index contributed by atoms with van der Waals surface area (Å²) in [6.45, 7) is 1.90. The Hall–Kier alpha value is -1.69. The molecule has 2 aromatic rings. The summed E-state index contributed by atoms with van der Waals surface area (Å²) in [5.74, 6) is -0.194. The monoisotopic (exact) mass is 364 g/mol. The van der Waals surface area contributed by atoms with Gasteiger partial charge in [0.05, 0.1) is 6.21 Å². The molecular formula is C15H13IN2O. The Morgan fingerprint density at radius 1 is 1.16 bits per heavy atom. The predicted molar refractivity (Wildman–Crippen MR) is 85.4 cm³/mol. The summed E-state index contributed by atoms with van der Waals surface area (Å²) in [5.41, 5.74) is 5.10. The van der Waals surface area contributed by atoms with Gasteiger partial charge in [0.25, 0.3) is 5.91 Å². The van der Waals surface area contributed by atoms with Crippen LogP contribution in [0.3, 0.4) is 0 Å². The molecule has 0 heterocycles. The lowest BCUT2D eigenvalue weighted by atomic mass is 10.1. The molecule has 0 saturated heterocycles. The lowest BCUT2D eigenvalue weighted by Crippen LogP contribution is -2.18. The number of aryl methyl sites for hydroxylation is 1. The first kappa shape index (κ1) is 13.7. The van der Waals surface area contributed by atoms with Crippen molar-refractivity contribution in [1.29, 1.82) is 0 Å². The van der Waals surface area contributed by atoms with Gasteiger partial charge in [-0.1, -0.05) is 36.4 Å². The van der Waals surface area contributed by atoms with E-state index in [2.05, 4.69) is 33.1 Å². The Morgan fingerprint density at radius 3 is 2.58 bits per heavy atom. The number of hydrogen-bond acceptors (Lipinski definition) is 2. The van der Waals surface area contributed by atoms with Gasteiger partial charge in [0.15, 0.2) is 0 Å². The van der Waals surface area contributed by atoms with Crippen molar-refractivity contribution in [3.05, 3.63) is 68.8 Å². The first-order chi connectivity index (χ1) is 9.18. The maximum absolute atomic E-state index is 11.9. The zero-order valence-electron chi connectivity index (χ0n) is 10.4. The zero-order valence-corrected chi connectivity index (χ0v) is 12.6. The van der Waals surface area contributed by atoms with Crippen molar-refractivity contribution in [2.75, 3.05) is 0 Å². The largest absolute Gasteiger partial charge is 0.271 e. The van der Waals surface area contributed by atoms with E-state index in [0.717, 1.165) is 14.7 Å². The smallest absolute Gasteiger partial charge is 0.267 e. The summed E-state index contributed by atoms with van der Waals surface area (Å²) in [7, 11) is 0. The molecule has 0 fully saturated rings. The third-order valence-corrected chi connectivity index (χ3v) is 3.65. The number of amides is 1. The number of benzene rings is 2. The van der Waals surface area contributed by atoms with Crippen molar-refractivity contribution in [1.82, 2.24) is 5.43 Å². The molecule has 3 nitrogen and oxygen atoms in total. The second-order valence-corrected chi connectivity index (χ2v) is 5.20. The van der Waals surface area contributed by atoms with Gasteiger partial charge in [0, 0.05) is 14.7 Å². The van der Waals surface area contributed by atoms with Crippen LogP contribution < -0.4 is 5.43 Å². The molecule has 19 heavy (non-hydrogen) atoms. The van der Waals surface area contributed by atoms with Gasteiger partial charge in [-0.3, -0.25) is 4.79 Å². The fourth-order valence-electron chi connectivity index (χ4n) is 1.63. The number of hydrazone groups is 1. The minimum Gasteiger partial charge on any atom is -0.267 e. The molecule has 4 heteroatoms. The third-order valence-electron chi connectivity index (χ3n) is 2.66. The summed E-state index contributed by atoms with van der Waals surface area (Å²) in [5, 5.41) is 3.99. The van der Waals surface area contributed by atoms with Crippen LogP contribution in [0.5, 0.6) is 0 Å². The summed E-state index contributed by atoms with van der Waals surface area (Å²) in [4.78, 5) is 11.9. The molecule has 0 aliphatic heterocycles. The number of nitrogens with zero attached hydrogens (tertiary/aromatic N) is 1. The average Bonchev–Trinajstić information content (AvgIpc) is 2.41. The SMILES string of the molecule is Cc1ccccc1C(=O)N/N=C\c1ccccc1I. The zero-order chi connectivity index (χ0) is 13.7. The minimum absolute atomic E-state index is 0.194. The standard InChI is InChI=1S/C15H13IN2O/c1-11-6-2-4-8-13(11)15(19)18-17-10-12-7-3-5-9-14(12)16/h2-10H,1H3,(H,18,19)/b17-10-. The van der Waals surface area contributed by atoms with Crippen LogP contribution in [0.25, 0.3) is 0 Å². The Labute approximate surface area is 125 Å². The Bertz CT molecular complexity index is 623. The van der Waals surface area contributed by atoms with Crippen molar-refractivity contribution in [2.45, 2.75) is 6.92 Å². The third kappa shape index (κ3) is 3.64. The van der Waals surface area contributed by atoms with Gasteiger partial charge in [-0.2, -0.15) is 5.10 Å². The Balaban J connectivity index is 2.06. The average molecular weight is 364 g/mol. The quantitative estimate of drug-likeness (QED) is 0.507. The van der Waals surface area contributed by atoms with Crippen molar-refractivity contribution in [2.24, 2.45) is 5.10 Å². The molecule has 0 atom stereocenters. The lowest BCUT2D eigenvalue weighted by Gasteiger charge is -2.03. The molecule has 0 bridgehead atoms. The van der Waals surface area contributed by atoms with Crippen molar-refractivity contribution < 1.29 is 4.79 Å². The van der Waals surface area contributed by atoms with Crippen LogP contribution >= 0.6 is 22.6 Å². The molecule has 0 spiro atoms. The van der Waals surface area contributed by atoms with E-state index in [1.54, 1.807) is 12.3 Å². The van der Waals surface area contributed by atoms with Gasteiger partial charge in [-0.05, 0) is 47.2 Å². The van der Waals surface area contributed by atoms with Crippen LogP contribution in [0.15, 0.2) is 53.6 Å². The molecule has 1 N–H and O–H groups in total. The van der Waals surface area contributed by atoms with Crippen LogP contribution in [0.2, 0.25) is 0 Å². The topological polar surface area (TPSA) is 41.5 Å². The Morgan fingerprint density at radius 2 is 1.84 bits per heavy atom. The molecule has 2 aromatic carbocycles. The van der Waals surface area contributed by atoms with E-state index >= 15 is 0 Å². The normalized spacial score (nSPS) is 10.6. The molecule has 2 rings (SSSR count). The maximum atomic E-state index is 11.9. The molecule has 0 radical (unpaired) electrons. The van der Waals surface area contributed by atoms with Gasteiger partial charge >= 0.3 is 0 Å². The van der Waals surface area contributed by atoms with Crippen LogP contribution in [0.4, 0.5) is 0 Å². The molecule has 0 aliphatic carbocycles. The second-order valence-electron chi connectivity index (χ2n) is 4.04. The van der Waals surface area contributed by atoms with E-state index in [0.29, 0.717) is 5.56 Å². The summed E-state index contributed by atoms with van der Waals surface area (Å²) in [6.07, 6.45) is 1.65. The number of hydrogen-bond donors (Lipinski definition) is 1. The fraction of sp³-hybridized carbons (Fsp3) is 0.0667. The van der Waals surface area contributed by atoms with Gasteiger partial charge < -0.3 is 0 Å². The molecule has 0 aliphatic rings. The first-order valence-electron chi connectivity index (χ1n) is 5.82. The maximum Gasteiger partial charge on any atom is 0.271 e. The van der Waals surface area contributed by atoms with Gasteiger partial charge in [-0.25, -0.2) is 5.43 Å². The van der Waals surface area contributed by atoms with Crippen LogP contribution in [0.1, 0.15) is 21.5 Å². The number of carbonyl (C=O) groups excluding carboxylic acids is 1.